The summed E-state index contributed by atoms with van der Waals surface area (Å²) in [6, 6.07) is 0. The average molecular weight is 503 g/mol. The molecule has 5 saturated carbocycles. The molecule has 3 N–H and O–H groups in total. The van der Waals surface area contributed by atoms with Gasteiger partial charge < -0.3 is 15.3 Å². The minimum atomic E-state index is -0.531. The first-order valence-corrected chi connectivity index (χ1v) is 15.8. The molecule has 14 atom stereocenters. The lowest BCUT2D eigenvalue weighted by Gasteiger charge is -2.72. The van der Waals surface area contributed by atoms with Crippen molar-refractivity contribution in [1.82, 2.24) is 0 Å². The molecule has 0 amide bonds. The van der Waals surface area contributed by atoms with Gasteiger partial charge in [-0.1, -0.05) is 67.7 Å². The van der Waals surface area contributed by atoms with Crippen LogP contribution < -0.4 is 0 Å². The van der Waals surface area contributed by atoms with Gasteiger partial charge in [-0.3, -0.25) is 0 Å². The maximum Gasteiger partial charge on any atom is 0.0656 e. The fourth-order valence-electron chi connectivity index (χ4n) is 12.4. The van der Waals surface area contributed by atoms with Crippen LogP contribution in [0, 0.1) is 75.4 Å². The van der Waals surface area contributed by atoms with E-state index in [9.17, 15) is 15.3 Å². The van der Waals surface area contributed by atoms with Crippen LogP contribution in [0.4, 0.5) is 0 Å². The molecular formula is C33H58O3. The fraction of sp³-hybridized carbons (Fsp3) is 1.00. The summed E-state index contributed by atoms with van der Waals surface area (Å²) in [5.74, 6) is 4.85. The molecule has 0 saturated heterocycles. The molecule has 14 unspecified atom stereocenters. The van der Waals surface area contributed by atoms with Gasteiger partial charge in [0.1, 0.15) is 0 Å². The van der Waals surface area contributed by atoms with Crippen LogP contribution in [0.25, 0.3) is 0 Å². The van der Waals surface area contributed by atoms with Crippen LogP contribution in [0.1, 0.15) is 113 Å². The quantitative estimate of drug-likeness (QED) is 0.384. The smallest absolute Gasteiger partial charge is 0.0656 e. The van der Waals surface area contributed by atoms with Gasteiger partial charge in [0.25, 0.3) is 0 Å². The zero-order valence-corrected chi connectivity index (χ0v) is 24.7. The second-order valence-corrected chi connectivity index (χ2v) is 16.1. The molecule has 0 aliphatic heterocycles. The molecule has 5 rings (SSSR count). The zero-order chi connectivity index (χ0) is 26.4. The van der Waals surface area contributed by atoms with Gasteiger partial charge in [-0.25, -0.2) is 0 Å². The first-order valence-electron chi connectivity index (χ1n) is 15.8. The molecule has 36 heavy (non-hydrogen) atoms. The predicted octanol–water partition coefficient (Wildman–Crippen LogP) is 6.93. The van der Waals surface area contributed by atoms with Crippen LogP contribution in [0.5, 0.6) is 0 Å². The zero-order valence-electron chi connectivity index (χ0n) is 24.7. The van der Waals surface area contributed by atoms with Crippen molar-refractivity contribution < 1.29 is 15.3 Å². The molecule has 3 nitrogen and oxygen atoms in total. The Hall–Kier alpha value is -0.120. The first-order chi connectivity index (χ1) is 16.7. The van der Waals surface area contributed by atoms with Gasteiger partial charge in [0.05, 0.1) is 18.3 Å². The van der Waals surface area contributed by atoms with E-state index < -0.39 is 12.2 Å². The number of hydrogen-bond acceptors (Lipinski definition) is 3. The van der Waals surface area contributed by atoms with E-state index in [0.29, 0.717) is 23.7 Å². The number of aliphatic hydroxyl groups excluding tert-OH is 3. The monoisotopic (exact) mass is 502 g/mol. The second-order valence-electron chi connectivity index (χ2n) is 16.1. The van der Waals surface area contributed by atoms with Crippen molar-refractivity contribution in [3.63, 3.8) is 0 Å². The molecule has 208 valence electrons. The minimum absolute atomic E-state index is 0.0183. The Balaban J connectivity index is 1.51. The predicted molar refractivity (Wildman–Crippen MR) is 147 cm³/mol. The summed E-state index contributed by atoms with van der Waals surface area (Å²) in [6.07, 6.45) is 10.3. The number of aliphatic hydroxyl groups is 3. The maximum absolute atomic E-state index is 12.3. The van der Waals surface area contributed by atoms with Gasteiger partial charge in [-0.15, -0.1) is 0 Å². The maximum atomic E-state index is 12.3. The third-order valence-electron chi connectivity index (χ3n) is 14.1. The summed E-state index contributed by atoms with van der Waals surface area (Å²) in [5, 5.41) is 34.9. The second kappa shape index (κ2) is 9.22. The number of hydrogen-bond donors (Lipinski definition) is 3. The molecule has 0 aromatic heterocycles. The molecular weight excluding hydrogens is 444 g/mol. The van der Waals surface area contributed by atoms with Gasteiger partial charge in [0.15, 0.2) is 0 Å². The van der Waals surface area contributed by atoms with E-state index in [0.717, 1.165) is 30.6 Å². The van der Waals surface area contributed by atoms with Gasteiger partial charge in [0.2, 0.25) is 0 Å². The molecule has 0 spiro atoms. The fourth-order valence-corrected chi connectivity index (χ4v) is 12.4. The topological polar surface area (TPSA) is 60.7 Å². The molecule has 0 bridgehead atoms. The van der Waals surface area contributed by atoms with Crippen LogP contribution in [-0.2, 0) is 0 Å². The van der Waals surface area contributed by atoms with E-state index in [4.69, 9.17) is 0 Å². The van der Waals surface area contributed by atoms with E-state index in [-0.39, 0.29) is 40.1 Å². The number of fused-ring (bicyclic) bond motifs is 3. The molecule has 0 radical (unpaired) electrons. The van der Waals surface area contributed by atoms with Crippen molar-refractivity contribution in [3.8, 4) is 0 Å². The summed E-state index contributed by atoms with van der Waals surface area (Å²) in [5.41, 5.74) is -0.164. The normalized spacial score (nSPS) is 60.4. The average Bonchev–Trinajstić information content (AvgIpc) is 2.76. The number of rotatable bonds is 2. The Bertz CT molecular complexity index is 803. The molecule has 5 fully saturated rings. The first kappa shape index (κ1) is 27.4. The van der Waals surface area contributed by atoms with Crippen LogP contribution in [0.2, 0.25) is 0 Å². The van der Waals surface area contributed by atoms with Crippen molar-refractivity contribution in [2.24, 2.45) is 75.4 Å². The Labute approximate surface area is 222 Å². The summed E-state index contributed by atoms with van der Waals surface area (Å²) >= 11 is 0. The minimum Gasteiger partial charge on any atom is -0.393 e. The van der Waals surface area contributed by atoms with Crippen molar-refractivity contribution >= 4 is 0 Å². The highest BCUT2D eigenvalue weighted by Gasteiger charge is 2.70. The van der Waals surface area contributed by atoms with E-state index in [1.165, 1.54) is 44.9 Å². The van der Waals surface area contributed by atoms with Gasteiger partial charge in [-0.2, -0.15) is 0 Å². The highest BCUT2D eigenvalue weighted by molar-refractivity contribution is 5.18. The standard InChI is InChI=1S/C33H58O3/c1-18-9-12-23(13-10-18)24-14-11-19(2)27-25(24)16-31(6)17-32(7)15-20(3)26(22(5)34)30(36)33(32,8)21(4)28(31)29(27)35/h18-30,34-36H,9-17H2,1-8H3. The van der Waals surface area contributed by atoms with E-state index in [1.807, 2.05) is 6.92 Å². The molecule has 3 heteroatoms. The van der Waals surface area contributed by atoms with Crippen molar-refractivity contribution in [2.75, 3.05) is 0 Å². The van der Waals surface area contributed by atoms with Gasteiger partial charge in [0, 0.05) is 11.3 Å². The molecule has 0 aromatic carbocycles. The highest BCUT2D eigenvalue weighted by atomic mass is 16.3. The molecule has 5 aliphatic carbocycles. The molecule has 5 aliphatic rings. The van der Waals surface area contributed by atoms with E-state index in [2.05, 4.69) is 48.5 Å². The lowest BCUT2D eigenvalue weighted by atomic mass is 9.34. The summed E-state index contributed by atoms with van der Waals surface area (Å²) in [6.45, 7) is 18.6. The van der Waals surface area contributed by atoms with Crippen molar-refractivity contribution in [2.45, 2.75) is 131 Å². The van der Waals surface area contributed by atoms with Crippen molar-refractivity contribution in [3.05, 3.63) is 0 Å². The lowest BCUT2D eigenvalue weighted by Crippen LogP contribution is -2.70. The van der Waals surface area contributed by atoms with Crippen LogP contribution in [0.15, 0.2) is 0 Å². The van der Waals surface area contributed by atoms with Crippen LogP contribution in [0.3, 0.4) is 0 Å². The van der Waals surface area contributed by atoms with Gasteiger partial charge in [-0.05, 0) is 110 Å². The summed E-state index contributed by atoms with van der Waals surface area (Å²) in [7, 11) is 0. The lowest BCUT2D eigenvalue weighted by molar-refractivity contribution is -0.280. The largest absolute Gasteiger partial charge is 0.393 e. The Kier molecular flexibility index (Phi) is 7.03. The third kappa shape index (κ3) is 3.82. The summed E-state index contributed by atoms with van der Waals surface area (Å²) in [4.78, 5) is 0. The van der Waals surface area contributed by atoms with Crippen molar-refractivity contribution in [1.29, 1.82) is 0 Å². The van der Waals surface area contributed by atoms with Crippen LogP contribution >= 0.6 is 0 Å². The van der Waals surface area contributed by atoms with E-state index >= 15 is 0 Å². The Morgan fingerprint density at radius 1 is 0.778 bits per heavy atom. The molecule has 0 heterocycles. The Morgan fingerprint density at radius 3 is 2.03 bits per heavy atom. The van der Waals surface area contributed by atoms with Crippen LogP contribution in [-0.4, -0.2) is 33.6 Å². The third-order valence-corrected chi connectivity index (χ3v) is 14.1. The highest BCUT2D eigenvalue weighted by Crippen LogP contribution is 2.73. The van der Waals surface area contributed by atoms with Gasteiger partial charge >= 0.3 is 0 Å². The SMILES string of the molecule is CC1CCC(C2CCC(C)C3C(O)C4C(C)C5(C)C(O)C(C(C)O)C(C)CC5(C)CC4(C)CC23)CC1. The Morgan fingerprint density at radius 2 is 1.42 bits per heavy atom. The summed E-state index contributed by atoms with van der Waals surface area (Å²) < 4.78 is 0. The molecule has 0 aromatic rings. The van der Waals surface area contributed by atoms with E-state index in [1.54, 1.807) is 0 Å².